The second-order valence-corrected chi connectivity index (χ2v) is 8.64. The minimum absolute atomic E-state index is 0.0299. The molecule has 2 atom stereocenters. The van der Waals surface area contributed by atoms with Crippen molar-refractivity contribution in [2.75, 3.05) is 14.2 Å². The summed E-state index contributed by atoms with van der Waals surface area (Å²) in [6.45, 7) is 1.67. The van der Waals surface area contributed by atoms with Crippen LogP contribution in [0.25, 0.3) is 10.9 Å². The van der Waals surface area contributed by atoms with Crippen molar-refractivity contribution >= 4 is 46.0 Å². The number of carbonyl (C=O) groups excluding carboxylic acids is 2. The van der Waals surface area contributed by atoms with Crippen molar-refractivity contribution in [2.24, 2.45) is 10.9 Å². The molecule has 0 fully saturated rings. The first-order chi connectivity index (χ1) is 16.3. The highest BCUT2D eigenvalue weighted by molar-refractivity contribution is 6.35. The number of nitrogens with one attached hydrogen (secondary N) is 1. The second-order valence-electron chi connectivity index (χ2n) is 8.26. The number of aliphatic hydroxyl groups excluding tert-OH is 1. The first-order valence-electron chi connectivity index (χ1n) is 10.6. The van der Waals surface area contributed by atoms with E-state index >= 15 is 0 Å². The van der Waals surface area contributed by atoms with Crippen molar-refractivity contribution in [2.45, 2.75) is 18.9 Å². The van der Waals surface area contributed by atoms with Crippen LogP contribution in [-0.4, -0.2) is 47.7 Å². The van der Waals surface area contributed by atoms with Gasteiger partial charge in [0.05, 0.1) is 25.5 Å². The standard InChI is InChI=1S/C25H21ClN2O6/c1-12-8-17(29)15(11-28-14-5-4-13-6-7-27-16(13)9-14)23(30)25(12)24(31)20-18(32-2)10-19(33-3)21(26)22(20)34-25/h4-7,9-12,27,30H,8H2,1-3H3/t12-,25+/m1/s1. The van der Waals surface area contributed by atoms with E-state index in [1.807, 2.05) is 24.4 Å². The van der Waals surface area contributed by atoms with Crippen molar-refractivity contribution in [3.63, 3.8) is 0 Å². The van der Waals surface area contributed by atoms with Gasteiger partial charge in [0.25, 0.3) is 0 Å². The minimum atomic E-state index is -1.83. The van der Waals surface area contributed by atoms with Crippen molar-refractivity contribution in [3.05, 3.63) is 58.4 Å². The fourth-order valence-electron chi connectivity index (χ4n) is 4.57. The van der Waals surface area contributed by atoms with Gasteiger partial charge in [-0.1, -0.05) is 24.6 Å². The molecule has 9 heteroatoms. The summed E-state index contributed by atoms with van der Waals surface area (Å²) >= 11 is 6.44. The lowest BCUT2D eigenvalue weighted by atomic mass is 9.73. The van der Waals surface area contributed by atoms with Crippen molar-refractivity contribution < 1.29 is 28.9 Å². The molecule has 174 valence electrons. The molecule has 0 bridgehead atoms. The zero-order valence-corrected chi connectivity index (χ0v) is 19.4. The van der Waals surface area contributed by atoms with Gasteiger partial charge < -0.3 is 24.3 Å². The first-order valence-corrected chi connectivity index (χ1v) is 11.0. The molecule has 34 heavy (non-hydrogen) atoms. The summed E-state index contributed by atoms with van der Waals surface area (Å²) < 4.78 is 16.7. The van der Waals surface area contributed by atoms with Crippen LogP contribution in [0.3, 0.4) is 0 Å². The number of rotatable bonds is 4. The zero-order chi connectivity index (χ0) is 24.2. The van der Waals surface area contributed by atoms with E-state index in [2.05, 4.69) is 9.98 Å². The molecule has 1 spiro atoms. The van der Waals surface area contributed by atoms with Crippen molar-refractivity contribution in [3.8, 4) is 17.2 Å². The predicted molar refractivity (Wildman–Crippen MR) is 127 cm³/mol. The molecular weight excluding hydrogens is 460 g/mol. The normalized spacial score (nSPS) is 22.1. The molecule has 8 nitrogen and oxygen atoms in total. The van der Waals surface area contributed by atoms with E-state index in [0.717, 1.165) is 10.9 Å². The molecule has 1 aliphatic heterocycles. The highest BCUT2D eigenvalue weighted by Crippen LogP contribution is 2.54. The molecule has 1 aliphatic carbocycles. The molecule has 2 aliphatic rings. The Bertz CT molecular complexity index is 1420. The molecule has 0 unspecified atom stereocenters. The Hall–Kier alpha value is -3.78. The molecule has 2 heterocycles. The average Bonchev–Trinajstić information content (AvgIpc) is 3.41. The van der Waals surface area contributed by atoms with Gasteiger partial charge in [-0.25, -0.2) is 0 Å². The van der Waals surface area contributed by atoms with Gasteiger partial charge in [0.2, 0.25) is 11.4 Å². The van der Waals surface area contributed by atoms with Gasteiger partial charge in [-0.3, -0.25) is 14.6 Å². The summed E-state index contributed by atoms with van der Waals surface area (Å²) in [5.74, 6) is -1.55. The largest absolute Gasteiger partial charge is 0.507 e. The Kier molecular flexibility index (Phi) is 5.13. The van der Waals surface area contributed by atoms with Crippen molar-refractivity contribution in [1.82, 2.24) is 4.98 Å². The Morgan fingerprint density at radius 1 is 1.21 bits per heavy atom. The van der Waals surface area contributed by atoms with Gasteiger partial charge in [0.15, 0.2) is 17.3 Å². The topological polar surface area (TPSA) is 110 Å². The van der Waals surface area contributed by atoms with Crippen molar-refractivity contribution in [1.29, 1.82) is 0 Å². The van der Waals surface area contributed by atoms with Gasteiger partial charge in [-0.05, 0) is 23.6 Å². The van der Waals surface area contributed by atoms with E-state index in [-0.39, 0.29) is 45.6 Å². The number of allylic oxidation sites excluding steroid dienone is 1. The predicted octanol–water partition coefficient (Wildman–Crippen LogP) is 4.98. The lowest BCUT2D eigenvalue weighted by molar-refractivity contribution is -0.118. The van der Waals surface area contributed by atoms with Crippen LogP contribution in [0.15, 0.2) is 52.9 Å². The van der Waals surface area contributed by atoms with Crippen LogP contribution in [-0.2, 0) is 4.79 Å². The molecule has 5 rings (SSSR count). The number of Topliss-reactive ketones (excluding diaryl/α,β-unsaturated/α-hetero) is 2. The van der Waals surface area contributed by atoms with Crippen LogP contribution in [0.5, 0.6) is 17.2 Å². The molecule has 1 aromatic heterocycles. The number of H-pyrrole nitrogens is 1. The number of hydrogen-bond acceptors (Lipinski definition) is 7. The number of aromatic nitrogens is 1. The maximum Gasteiger partial charge on any atom is 0.231 e. The summed E-state index contributed by atoms with van der Waals surface area (Å²) in [6.07, 6.45) is 3.06. The lowest BCUT2D eigenvalue weighted by Crippen LogP contribution is -2.52. The number of nitrogens with zero attached hydrogens (tertiary/aromatic N) is 1. The number of methoxy groups -OCH3 is 2. The summed E-state index contributed by atoms with van der Waals surface area (Å²) in [7, 11) is 2.84. The number of ether oxygens (including phenoxy) is 3. The highest BCUT2D eigenvalue weighted by atomic mass is 35.5. The van der Waals surface area contributed by atoms with Crippen LogP contribution >= 0.6 is 11.6 Å². The van der Waals surface area contributed by atoms with Crippen LogP contribution in [0, 0.1) is 5.92 Å². The van der Waals surface area contributed by atoms with E-state index in [1.165, 1.54) is 26.5 Å². The van der Waals surface area contributed by atoms with Crippen LogP contribution in [0.4, 0.5) is 5.69 Å². The second kappa shape index (κ2) is 7.92. The molecule has 0 saturated carbocycles. The number of halogens is 1. The Balaban J connectivity index is 1.62. The molecule has 0 amide bonds. The number of fused-ring (bicyclic) bond motifs is 2. The van der Waals surface area contributed by atoms with E-state index < -0.39 is 23.1 Å². The summed E-state index contributed by atoms with van der Waals surface area (Å²) in [5.41, 5.74) is -0.368. The summed E-state index contributed by atoms with van der Waals surface area (Å²) in [4.78, 5) is 34.0. The monoisotopic (exact) mass is 480 g/mol. The highest BCUT2D eigenvalue weighted by Gasteiger charge is 2.60. The minimum Gasteiger partial charge on any atom is -0.507 e. The van der Waals surface area contributed by atoms with E-state index in [9.17, 15) is 14.7 Å². The molecule has 0 saturated heterocycles. The summed E-state index contributed by atoms with van der Waals surface area (Å²) in [6, 6.07) is 8.92. The molecule has 3 aromatic rings. The number of benzene rings is 2. The fourth-order valence-corrected chi connectivity index (χ4v) is 4.83. The Morgan fingerprint density at radius 3 is 2.71 bits per heavy atom. The van der Waals surface area contributed by atoms with Gasteiger partial charge >= 0.3 is 0 Å². The number of aliphatic imine (C=N–C) groups is 1. The Morgan fingerprint density at radius 2 is 1.97 bits per heavy atom. The third-order valence-electron chi connectivity index (χ3n) is 6.39. The van der Waals surface area contributed by atoms with E-state index in [4.69, 9.17) is 25.8 Å². The third kappa shape index (κ3) is 3.02. The number of aliphatic hydroxyl groups is 1. The number of hydrogen-bond donors (Lipinski definition) is 2. The van der Waals surface area contributed by atoms with Crippen LogP contribution in [0.1, 0.15) is 23.7 Å². The van der Waals surface area contributed by atoms with Gasteiger partial charge in [-0.2, -0.15) is 0 Å². The molecule has 2 N–H and O–H groups in total. The third-order valence-corrected chi connectivity index (χ3v) is 6.75. The van der Waals surface area contributed by atoms with Gasteiger partial charge in [0.1, 0.15) is 22.1 Å². The summed E-state index contributed by atoms with van der Waals surface area (Å²) in [5, 5.41) is 12.4. The van der Waals surface area contributed by atoms with Crippen LogP contribution in [0.2, 0.25) is 5.02 Å². The smallest absolute Gasteiger partial charge is 0.231 e. The van der Waals surface area contributed by atoms with Crippen LogP contribution < -0.4 is 14.2 Å². The SMILES string of the molecule is COc1cc(OC)c2c(c1Cl)O[C@]1(C2=O)C(O)=C(C=Nc2ccc3cc[nH]c3c2)C(=O)C[C@H]1C. The number of ketones is 2. The first kappa shape index (κ1) is 22.0. The quantitative estimate of drug-likeness (QED) is 0.510. The molecular formula is C25H21ClN2O6. The number of aromatic amines is 1. The van der Waals surface area contributed by atoms with E-state index in [0.29, 0.717) is 5.69 Å². The maximum atomic E-state index is 13.7. The lowest BCUT2D eigenvalue weighted by Gasteiger charge is -2.36. The number of carbonyl (C=O) groups is 2. The van der Waals surface area contributed by atoms with E-state index in [1.54, 1.807) is 13.0 Å². The zero-order valence-electron chi connectivity index (χ0n) is 18.6. The van der Waals surface area contributed by atoms with Gasteiger partial charge in [-0.15, -0.1) is 0 Å². The average molecular weight is 481 g/mol. The molecule has 2 aromatic carbocycles. The van der Waals surface area contributed by atoms with Gasteiger partial charge in [0, 0.05) is 36.3 Å². The Labute approximate surface area is 199 Å². The maximum absolute atomic E-state index is 13.7. The molecule has 0 radical (unpaired) electrons. The fraction of sp³-hybridized carbons (Fsp3) is 0.240.